The van der Waals surface area contributed by atoms with Gasteiger partial charge in [-0.2, -0.15) is 13.2 Å². The molecule has 27 heavy (non-hydrogen) atoms. The first-order chi connectivity index (χ1) is 12.6. The number of alkyl halides is 3. The maximum Gasteiger partial charge on any atom is 0.424 e. The van der Waals surface area contributed by atoms with E-state index in [2.05, 4.69) is 15.2 Å². The standard InChI is InChI=1S/C18H22F3N3O2S/c1-4-24(5-2)14-8-6-13(7-9-14)23-15(25)10-17(26,18(19,20)21)16-22-12(3)11-27-16/h6-9,11,26H,4-5,10H2,1-3H3,(H,23,25). The van der Waals surface area contributed by atoms with E-state index in [1.807, 2.05) is 13.8 Å². The average Bonchev–Trinajstić information content (AvgIpc) is 3.03. The van der Waals surface area contributed by atoms with Crippen LogP contribution in [-0.2, 0) is 10.4 Å². The van der Waals surface area contributed by atoms with Gasteiger partial charge >= 0.3 is 6.18 Å². The molecule has 1 unspecified atom stereocenters. The number of rotatable bonds is 7. The van der Waals surface area contributed by atoms with Gasteiger partial charge in [0.25, 0.3) is 0 Å². The maximum absolute atomic E-state index is 13.4. The lowest BCUT2D eigenvalue weighted by atomic mass is 9.99. The molecule has 9 heteroatoms. The summed E-state index contributed by atoms with van der Waals surface area (Å²) >= 11 is 0.675. The Morgan fingerprint density at radius 2 is 1.81 bits per heavy atom. The van der Waals surface area contributed by atoms with Crippen molar-refractivity contribution >= 4 is 28.6 Å². The first-order valence-corrected chi connectivity index (χ1v) is 9.35. The van der Waals surface area contributed by atoms with Crippen molar-refractivity contribution in [2.45, 2.75) is 39.0 Å². The van der Waals surface area contributed by atoms with Gasteiger partial charge in [-0.1, -0.05) is 0 Å². The van der Waals surface area contributed by atoms with E-state index in [4.69, 9.17) is 0 Å². The minimum atomic E-state index is -5.03. The molecule has 0 saturated carbocycles. The summed E-state index contributed by atoms with van der Waals surface area (Å²) in [5.74, 6) is -0.946. The molecule has 0 bridgehead atoms. The summed E-state index contributed by atoms with van der Waals surface area (Å²) in [7, 11) is 0. The van der Waals surface area contributed by atoms with Gasteiger partial charge < -0.3 is 15.3 Å². The molecule has 2 rings (SSSR count). The molecule has 1 amide bonds. The maximum atomic E-state index is 13.4. The van der Waals surface area contributed by atoms with Gasteiger partial charge in [-0.25, -0.2) is 4.98 Å². The number of benzene rings is 1. The Labute approximate surface area is 159 Å². The van der Waals surface area contributed by atoms with E-state index in [1.54, 1.807) is 24.3 Å². The number of nitrogens with one attached hydrogen (secondary N) is 1. The number of carbonyl (C=O) groups is 1. The van der Waals surface area contributed by atoms with Gasteiger partial charge in [0.05, 0.1) is 6.42 Å². The summed E-state index contributed by atoms with van der Waals surface area (Å²) in [5, 5.41) is 13.5. The Bertz CT molecular complexity index is 773. The molecule has 5 nitrogen and oxygen atoms in total. The molecular weight excluding hydrogens is 379 g/mol. The summed E-state index contributed by atoms with van der Waals surface area (Å²) in [4.78, 5) is 18.0. The number of amides is 1. The molecule has 0 aliphatic rings. The fraction of sp³-hybridized carbons (Fsp3) is 0.444. The van der Waals surface area contributed by atoms with E-state index in [9.17, 15) is 23.1 Å². The molecular formula is C18H22F3N3O2S. The van der Waals surface area contributed by atoms with Crippen LogP contribution >= 0.6 is 11.3 Å². The van der Waals surface area contributed by atoms with Crippen LogP contribution < -0.4 is 10.2 Å². The number of aromatic nitrogens is 1. The molecule has 0 saturated heterocycles. The van der Waals surface area contributed by atoms with Gasteiger partial charge in [-0.3, -0.25) is 4.79 Å². The minimum absolute atomic E-state index is 0.352. The predicted octanol–water partition coefficient (Wildman–Crippen LogP) is 4.08. The van der Waals surface area contributed by atoms with Crippen molar-refractivity contribution in [1.82, 2.24) is 4.98 Å². The van der Waals surface area contributed by atoms with Crippen LogP contribution in [0.1, 0.15) is 31.0 Å². The Morgan fingerprint density at radius 3 is 2.26 bits per heavy atom. The monoisotopic (exact) mass is 401 g/mol. The fourth-order valence-corrected chi connectivity index (χ4v) is 3.54. The quantitative estimate of drug-likeness (QED) is 0.734. The van der Waals surface area contributed by atoms with Crippen LogP contribution in [0.2, 0.25) is 0 Å². The predicted molar refractivity (Wildman–Crippen MR) is 100 cm³/mol. The summed E-state index contributed by atoms with van der Waals surface area (Å²) < 4.78 is 40.3. The largest absolute Gasteiger partial charge is 0.424 e. The van der Waals surface area contributed by atoms with Gasteiger partial charge in [-0.15, -0.1) is 11.3 Å². The summed E-state index contributed by atoms with van der Waals surface area (Å²) in [6, 6.07) is 6.79. The van der Waals surface area contributed by atoms with E-state index in [-0.39, 0.29) is 0 Å². The molecule has 1 atom stereocenters. The number of anilines is 2. The Morgan fingerprint density at radius 1 is 1.22 bits per heavy atom. The van der Waals surface area contributed by atoms with E-state index in [0.717, 1.165) is 18.8 Å². The third-order valence-electron chi connectivity index (χ3n) is 4.14. The second-order valence-electron chi connectivity index (χ2n) is 6.10. The molecule has 0 radical (unpaired) electrons. The number of hydrogen-bond acceptors (Lipinski definition) is 5. The number of carbonyl (C=O) groups excluding carboxylic acids is 1. The molecule has 0 aliphatic heterocycles. The van der Waals surface area contributed by atoms with Gasteiger partial charge in [0.15, 0.2) is 0 Å². The third kappa shape index (κ3) is 4.78. The molecule has 2 N–H and O–H groups in total. The number of thiazole rings is 1. The van der Waals surface area contributed by atoms with Crippen LogP contribution in [0.15, 0.2) is 29.6 Å². The lowest BCUT2D eigenvalue weighted by molar-refractivity contribution is -0.266. The Balaban J connectivity index is 2.15. The SMILES string of the molecule is CCN(CC)c1ccc(NC(=O)CC(O)(c2nc(C)cs2)C(F)(F)F)cc1. The van der Waals surface area contributed by atoms with Gasteiger partial charge in [0, 0.05) is 35.5 Å². The van der Waals surface area contributed by atoms with Crippen LogP contribution in [0.5, 0.6) is 0 Å². The van der Waals surface area contributed by atoms with Crippen molar-refractivity contribution < 1.29 is 23.1 Å². The second kappa shape index (κ2) is 8.26. The van der Waals surface area contributed by atoms with E-state index < -0.39 is 29.1 Å². The van der Waals surface area contributed by atoms with Gasteiger partial charge in [0.2, 0.25) is 11.5 Å². The fourth-order valence-electron chi connectivity index (χ4n) is 2.62. The molecule has 0 spiro atoms. The number of aryl methyl sites for hydroxylation is 1. The summed E-state index contributed by atoms with van der Waals surface area (Å²) in [6.07, 6.45) is -6.19. The van der Waals surface area contributed by atoms with Crippen molar-refractivity contribution in [1.29, 1.82) is 0 Å². The van der Waals surface area contributed by atoms with Crippen LogP contribution in [-0.4, -0.2) is 35.3 Å². The second-order valence-corrected chi connectivity index (χ2v) is 6.95. The molecule has 0 fully saturated rings. The minimum Gasteiger partial charge on any atom is -0.374 e. The van der Waals surface area contributed by atoms with Crippen molar-refractivity contribution in [2.24, 2.45) is 0 Å². The topological polar surface area (TPSA) is 65.5 Å². The highest BCUT2D eigenvalue weighted by Gasteiger charge is 2.58. The third-order valence-corrected chi connectivity index (χ3v) is 5.25. The Kier molecular flexibility index (Phi) is 6.48. The normalized spacial score (nSPS) is 13.9. The molecule has 0 aliphatic carbocycles. The van der Waals surface area contributed by atoms with E-state index in [1.165, 1.54) is 12.3 Å². The zero-order chi connectivity index (χ0) is 20.2. The van der Waals surface area contributed by atoms with Crippen LogP contribution in [0, 0.1) is 6.92 Å². The van der Waals surface area contributed by atoms with Crippen molar-refractivity contribution in [3.63, 3.8) is 0 Å². The molecule has 1 aromatic carbocycles. The first kappa shape index (κ1) is 21.2. The zero-order valence-corrected chi connectivity index (χ0v) is 16.1. The van der Waals surface area contributed by atoms with Crippen LogP contribution in [0.25, 0.3) is 0 Å². The van der Waals surface area contributed by atoms with E-state index >= 15 is 0 Å². The summed E-state index contributed by atoms with van der Waals surface area (Å²) in [6.45, 7) is 7.17. The molecule has 2 aromatic rings. The first-order valence-electron chi connectivity index (χ1n) is 8.47. The smallest absolute Gasteiger partial charge is 0.374 e. The highest BCUT2D eigenvalue weighted by atomic mass is 32.1. The lowest BCUT2D eigenvalue weighted by Gasteiger charge is -2.28. The lowest BCUT2D eigenvalue weighted by Crippen LogP contribution is -2.45. The number of hydrogen-bond donors (Lipinski definition) is 2. The van der Waals surface area contributed by atoms with Crippen LogP contribution in [0.3, 0.4) is 0 Å². The number of halogens is 3. The average molecular weight is 401 g/mol. The summed E-state index contributed by atoms with van der Waals surface area (Å²) in [5.41, 5.74) is -1.67. The highest BCUT2D eigenvalue weighted by Crippen LogP contribution is 2.43. The number of aliphatic hydroxyl groups is 1. The number of nitrogens with zero attached hydrogens (tertiary/aromatic N) is 2. The van der Waals surface area contributed by atoms with Crippen molar-refractivity contribution in [3.05, 3.63) is 40.3 Å². The van der Waals surface area contributed by atoms with Gasteiger partial charge in [0.1, 0.15) is 5.01 Å². The highest BCUT2D eigenvalue weighted by molar-refractivity contribution is 7.09. The van der Waals surface area contributed by atoms with Crippen molar-refractivity contribution in [3.8, 4) is 0 Å². The van der Waals surface area contributed by atoms with Crippen molar-refractivity contribution in [2.75, 3.05) is 23.3 Å². The molecule has 1 aromatic heterocycles. The van der Waals surface area contributed by atoms with E-state index in [0.29, 0.717) is 22.7 Å². The zero-order valence-electron chi connectivity index (χ0n) is 15.3. The Hall–Kier alpha value is -2.13. The molecule has 148 valence electrons. The molecule has 1 heterocycles. The van der Waals surface area contributed by atoms with Gasteiger partial charge in [-0.05, 0) is 45.0 Å². The van der Waals surface area contributed by atoms with Crippen LogP contribution in [0.4, 0.5) is 24.5 Å².